The maximum absolute atomic E-state index is 5.70. The van der Waals surface area contributed by atoms with Gasteiger partial charge in [0.15, 0.2) is 5.13 Å². The van der Waals surface area contributed by atoms with Gasteiger partial charge in [-0.1, -0.05) is 0 Å². The van der Waals surface area contributed by atoms with Gasteiger partial charge in [0.1, 0.15) is 0 Å². The fraction of sp³-hybridized carbons (Fsp3) is 0.385. The summed E-state index contributed by atoms with van der Waals surface area (Å²) >= 11 is 1.47. The normalized spacial score (nSPS) is 15.7. The molecule has 3 rings (SSSR count). The van der Waals surface area contributed by atoms with Crippen LogP contribution in [0, 0.1) is 6.92 Å². The average molecular weight is 260 g/mol. The van der Waals surface area contributed by atoms with E-state index in [9.17, 15) is 0 Å². The van der Waals surface area contributed by atoms with Crippen LogP contribution in [0.25, 0.3) is 11.3 Å². The highest BCUT2D eigenvalue weighted by atomic mass is 32.1. The SMILES string of the molecule is Cc1nc2c(cc1-c1csc(N)n1)CN(C)CC2. The zero-order chi connectivity index (χ0) is 12.7. The van der Waals surface area contributed by atoms with Gasteiger partial charge >= 0.3 is 0 Å². The molecule has 0 radical (unpaired) electrons. The molecule has 2 N–H and O–H groups in total. The van der Waals surface area contributed by atoms with Gasteiger partial charge in [0.2, 0.25) is 0 Å². The minimum absolute atomic E-state index is 0.610. The van der Waals surface area contributed by atoms with Crippen molar-refractivity contribution in [3.8, 4) is 11.3 Å². The molecule has 0 aliphatic carbocycles. The maximum atomic E-state index is 5.70. The van der Waals surface area contributed by atoms with Crippen LogP contribution in [-0.4, -0.2) is 28.5 Å². The quantitative estimate of drug-likeness (QED) is 0.853. The molecule has 1 aliphatic rings. The van der Waals surface area contributed by atoms with E-state index in [0.29, 0.717) is 5.13 Å². The fourth-order valence-electron chi connectivity index (χ4n) is 2.39. The third-order valence-corrected chi connectivity index (χ3v) is 4.02. The minimum Gasteiger partial charge on any atom is -0.375 e. The summed E-state index contributed by atoms with van der Waals surface area (Å²) in [5, 5.41) is 2.61. The molecule has 3 heterocycles. The first-order valence-corrected chi connectivity index (χ1v) is 6.91. The Morgan fingerprint density at radius 3 is 2.94 bits per heavy atom. The van der Waals surface area contributed by atoms with Gasteiger partial charge in [0.25, 0.3) is 0 Å². The van der Waals surface area contributed by atoms with Gasteiger partial charge in [0.05, 0.1) is 5.69 Å². The van der Waals surface area contributed by atoms with Gasteiger partial charge in [-0.15, -0.1) is 11.3 Å². The molecule has 0 saturated heterocycles. The van der Waals surface area contributed by atoms with Crippen molar-refractivity contribution in [1.29, 1.82) is 0 Å². The van der Waals surface area contributed by atoms with E-state index in [4.69, 9.17) is 10.7 Å². The molecule has 2 aromatic heterocycles. The molecule has 18 heavy (non-hydrogen) atoms. The van der Waals surface area contributed by atoms with Gasteiger partial charge < -0.3 is 10.6 Å². The lowest BCUT2D eigenvalue weighted by atomic mass is 10.0. The highest BCUT2D eigenvalue weighted by Crippen LogP contribution is 2.28. The predicted molar refractivity (Wildman–Crippen MR) is 74.5 cm³/mol. The number of aryl methyl sites for hydroxylation is 1. The fourth-order valence-corrected chi connectivity index (χ4v) is 2.95. The molecule has 0 spiro atoms. The zero-order valence-corrected chi connectivity index (χ0v) is 11.4. The van der Waals surface area contributed by atoms with Crippen LogP contribution in [0.15, 0.2) is 11.4 Å². The van der Waals surface area contributed by atoms with Crippen LogP contribution < -0.4 is 5.73 Å². The molecule has 4 nitrogen and oxygen atoms in total. The molecule has 0 aromatic carbocycles. The second-order valence-electron chi connectivity index (χ2n) is 4.79. The number of likely N-dealkylation sites (N-methyl/N-ethyl adjacent to an activating group) is 1. The molecule has 2 aromatic rings. The summed E-state index contributed by atoms with van der Waals surface area (Å²) in [6.45, 7) is 4.10. The second kappa shape index (κ2) is 4.33. The van der Waals surface area contributed by atoms with Crippen molar-refractivity contribution in [1.82, 2.24) is 14.9 Å². The summed E-state index contributed by atoms with van der Waals surface area (Å²) in [5.74, 6) is 0. The molecule has 0 saturated carbocycles. The summed E-state index contributed by atoms with van der Waals surface area (Å²) < 4.78 is 0. The van der Waals surface area contributed by atoms with Gasteiger partial charge in [-0.05, 0) is 25.6 Å². The number of anilines is 1. The van der Waals surface area contributed by atoms with E-state index >= 15 is 0 Å². The Kier molecular flexibility index (Phi) is 2.80. The van der Waals surface area contributed by atoms with Gasteiger partial charge in [-0.25, -0.2) is 4.98 Å². The Morgan fingerprint density at radius 1 is 1.39 bits per heavy atom. The topological polar surface area (TPSA) is 55.0 Å². The van der Waals surface area contributed by atoms with E-state index in [1.165, 1.54) is 22.6 Å². The Labute approximate surface area is 110 Å². The number of aromatic nitrogens is 2. The number of nitrogens with two attached hydrogens (primary N) is 1. The van der Waals surface area contributed by atoms with Gasteiger partial charge in [0, 0.05) is 41.8 Å². The minimum atomic E-state index is 0.610. The lowest BCUT2D eigenvalue weighted by Crippen LogP contribution is -2.27. The van der Waals surface area contributed by atoms with Crippen molar-refractivity contribution in [2.24, 2.45) is 0 Å². The third-order valence-electron chi connectivity index (χ3n) is 3.35. The van der Waals surface area contributed by atoms with E-state index < -0.39 is 0 Å². The predicted octanol–water partition coefficient (Wildman–Crippen LogP) is 2.08. The van der Waals surface area contributed by atoms with E-state index in [2.05, 4.69) is 23.0 Å². The van der Waals surface area contributed by atoms with Gasteiger partial charge in [-0.2, -0.15) is 0 Å². The van der Waals surface area contributed by atoms with Crippen LogP contribution in [0.1, 0.15) is 17.0 Å². The largest absolute Gasteiger partial charge is 0.375 e. The highest BCUT2D eigenvalue weighted by molar-refractivity contribution is 7.13. The number of thiazole rings is 1. The number of hydrogen-bond donors (Lipinski definition) is 1. The summed E-state index contributed by atoms with van der Waals surface area (Å²) in [5.41, 5.74) is 11.4. The van der Waals surface area contributed by atoms with Crippen LogP contribution >= 0.6 is 11.3 Å². The lowest BCUT2D eigenvalue weighted by molar-refractivity contribution is 0.310. The number of fused-ring (bicyclic) bond motifs is 1. The van der Waals surface area contributed by atoms with E-state index in [1.54, 1.807) is 0 Å². The molecular formula is C13H16N4S. The van der Waals surface area contributed by atoms with Crippen molar-refractivity contribution in [2.75, 3.05) is 19.3 Å². The smallest absolute Gasteiger partial charge is 0.180 e. The van der Waals surface area contributed by atoms with Crippen LogP contribution in [0.5, 0.6) is 0 Å². The van der Waals surface area contributed by atoms with Crippen LogP contribution in [0.4, 0.5) is 5.13 Å². The van der Waals surface area contributed by atoms with Crippen LogP contribution in [0.3, 0.4) is 0 Å². The molecule has 1 aliphatic heterocycles. The van der Waals surface area contributed by atoms with Crippen molar-refractivity contribution < 1.29 is 0 Å². The Bertz CT molecular complexity index is 591. The van der Waals surface area contributed by atoms with Crippen molar-refractivity contribution in [3.63, 3.8) is 0 Å². The van der Waals surface area contributed by atoms with Crippen molar-refractivity contribution in [3.05, 3.63) is 28.4 Å². The summed E-state index contributed by atoms with van der Waals surface area (Å²) in [6.07, 6.45) is 1.03. The first kappa shape index (κ1) is 11.6. The molecule has 0 fully saturated rings. The van der Waals surface area contributed by atoms with E-state index in [-0.39, 0.29) is 0 Å². The monoisotopic (exact) mass is 260 g/mol. The zero-order valence-electron chi connectivity index (χ0n) is 10.6. The van der Waals surface area contributed by atoms with Crippen molar-refractivity contribution >= 4 is 16.5 Å². The maximum Gasteiger partial charge on any atom is 0.180 e. The number of hydrogen-bond acceptors (Lipinski definition) is 5. The number of nitrogens with zero attached hydrogens (tertiary/aromatic N) is 3. The number of pyridine rings is 1. The van der Waals surface area contributed by atoms with Crippen molar-refractivity contribution in [2.45, 2.75) is 19.9 Å². The summed E-state index contributed by atoms with van der Waals surface area (Å²) in [6, 6.07) is 2.22. The molecule has 0 bridgehead atoms. The van der Waals surface area contributed by atoms with Gasteiger partial charge in [-0.3, -0.25) is 4.98 Å². The summed E-state index contributed by atoms with van der Waals surface area (Å²) in [4.78, 5) is 11.4. The molecule has 5 heteroatoms. The first-order chi connectivity index (χ1) is 8.63. The van der Waals surface area contributed by atoms with Crippen LogP contribution in [0.2, 0.25) is 0 Å². The third kappa shape index (κ3) is 2.00. The molecular weight excluding hydrogens is 244 g/mol. The van der Waals surface area contributed by atoms with E-state index in [0.717, 1.165) is 36.5 Å². The van der Waals surface area contributed by atoms with Crippen LogP contribution in [-0.2, 0) is 13.0 Å². The Hall–Kier alpha value is -1.46. The average Bonchev–Trinajstić information content (AvgIpc) is 2.75. The Balaban J connectivity index is 2.08. The molecule has 94 valence electrons. The summed E-state index contributed by atoms with van der Waals surface area (Å²) in [7, 11) is 2.14. The molecule has 0 unspecified atom stereocenters. The van der Waals surface area contributed by atoms with E-state index in [1.807, 2.05) is 12.3 Å². The molecule has 0 atom stereocenters. The number of nitrogen functional groups attached to an aromatic ring is 1. The lowest BCUT2D eigenvalue weighted by Gasteiger charge is -2.25. The first-order valence-electron chi connectivity index (χ1n) is 6.03. The second-order valence-corrected chi connectivity index (χ2v) is 5.68. The Morgan fingerprint density at radius 2 is 2.22 bits per heavy atom. The number of rotatable bonds is 1. The molecule has 0 amide bonds. The standard InChI is InChI=1S/C13H16N4S/c1-8-10(12-7-18-13(14)16-12)5-9-6-17(2)4-3-11(9)15-8/h5,7H,3-4,6H2,1-2H3,(H2,14,16). The highest BCUT2D eigenvalue weighted by Gasteiger charge is 2.17.